The molecule has 0 bridgehead atoms. The number of aromatic nitrogens is 3. The van der Waals surface area contributed by atoms with Crippen LogP contribution in [-0.2, 0) is 14.9 Å². The molecule has 2 aromatic heterocycles. The Kier molecular flexibility index (Phi) is 7.63. The van der Waals surface area contributed by atoms with Crippen molar-refractivity contribution >= 4 is 22.7 Å². The van der Waals surface area contributed by atoms with E-state index in [2.05, 4.69) is 69.2 Å². The van der Waals surface area contributed by atoms with E-state index in [1.54, 1.807) is 6.20 Å². The molecule has 0 spiro atoms. The van der Waals surface area contributed by atoms with Gasteiger partial charge in [-0.05, 0) is 65.8 Å². The van der Waals surface area contributed by atoms with Crippen molar-refractivity contribution in [2.24, 2.45) is 17.8 Å². The molecule has 7 nitrogen and oxygen atoms in total. The summed E-state index contributed by atoms with van der Waals surface area (Å²) >= 11 is 0. The van der Waals surface area contributed by atoms with Gasteiger partial charge in [0.05, 0.1) is 11.7 Å². The predicted octanol–water partition coefficient (Wildman–Crippen LogP) is 7.60. The normalized spacial score (nSPS) is 20.0. The van der Waals surface area contributed by atoms with Crippen molar-refractivity contribution in [3.63, 3.8) is 0 Å². The SMILES string of the molecule is CC1CCC(C(C)C)C(OCC(=O)Nc2cccc(-c3n[nH]cc3-c3nc4cc(C(C)(C)C)ccc4o3)c2)C1. The fraction of sp³-hybridized carbons (Fsp3) is 0.469. The molecule has 1 fully saturated rings. The molecule has 1 aliphatic carbocycles. The number of nitrogens with one attached hydrogen (secondary N) is 2. The van der Waals surface area contributed by atoms with Crippen molar-refractivity contribution in [1.29, 1.82) is 0 Å². The lowest BCUT2D eigenvalue weighted by atomic mass is 9.75. The van der Waals surface area contributed by atoms with Gasteiger partial charge in [0.25, 0.3) is 0 Å². The summed E-state index contributed by atoms with van der Waals surface area (Å²) in [5.41, 5.74) is 5.80. The zero-order valence-corrected chi connectivity index (χ0v) is 23.9. The van der Waals surface area contributed by atoms with Gasteiger partial charge in [-0.3, -0.25) is 9.89 Å². The van der Waals surface area contributed by atoms with E-state index in [-0.39, 0.29) is 24.0 Å². The fourth-order valence-corrected chi connectivity index (χ4v) is 5.61. The zero-order chi connectivity index (χ0) is 27.7. The van der Waals surface area contributed by atoms with Crippen molar-refractivity contribution < 1.29 is 13.9 Å². The number of nitrogens with zero attached hydrogens (tertiary/aromatic N) is 2. The summed E-state index contributed by atoms with van der Waals surface area (Å²) < 4.78 is 12.3. The lowest BCUT2D eigenvalue weighted by molar-refractivity contribution is -0.126. The van der Waals surface area contributed by atoms with E-state index in [0.717, 1.165) is 35.1 Å². The van der Waals surface area contributed by atoms with Crippen molar-refractivity contribution in [3.8, 4) is 22.7 Å². The van der Waals surface area contributed by atoms with Crippen LogP contribution < -0.4 is 5.32 Å². The summed E-state index contributed by atoms with van der Waals surface area (Å²) in [6, 6.07) is 13.8. The van der Waals surface area contributed by atoms with Crippen LogP contribution in [0.5, 0.6) is 0 Å². The van der Waals surface area contributed by atoms with Crippen molar-refractivity contribution in [1.82, 2.24) is 15.2 Å². The number of carbonyl (C=O) groups excluding carboxylic acids is 1. The topological polar surface area (TPSA) is 93.0 Å². The molecular formula is C32H40N4O3. The minimum Gasteiger partial charge on any atom is -0.436 e. The molecule has 1 aliphatic rings. The minimum atomic E-state index is -0.149. The lowest BCUT2D eigenvalue weighted by Crippen LogP contribution is -2.36. The molecule has 5 rings (SSSR count). The van der Waals surface area contributed by atoms with Crippen LogP contribution in [0.15, 0.2) is 53.1 Å². The first-order valence-electron chi connectivity index (χ1n) is 14.1. The molecule has 2 heterocycles. The van der Waals surface area contributed by atoms with E-state index in [0.29, 0.717) is 35.0 Å². The van der Waals surface area contributed by atoms with Gasteiger partial charge in [-0.1, -0.05) is 66.2 Å². The first-order valence-corrected chi connectivity index (χ1v) is 14.1. The van der Waals surface area contributed by atoms with Gasteiger partial charge < -0.3 is 14.5 Å². The Morgan fingerprint density at radius 3 is 2.77 bits per heavy atom. The maximum Gasteiger partial charge on any atom is 0.250 e. The van der Waals surface area contributed by atoms with Crippen LogP contribution in [0, 0.1) is 17.8 Å². The summed E-state index contributed by atoms with van der Waals surface area (Å²) in [6.07, 6.45) is 5.34. The maximum atomic E-state index is 12.8. The number of H-pyrrole nitrogens is 1. The number of fused-ring (bicyclic) bond motifs is 1. The van der Waals surface area contributed by atoms with E-state index >= 15 is 0 Å². The summed E-state index contributed by atoms with van der Waals surface area (Å²) in [5, 5.41) is 10.4. The second kappa shape index (κ2) is 11.0. The molecule has 4 aromatic rings. The second-order valence-electron chi connectivity index (χ2n) is 12.4. The molecule has 0 saturated heterocycles. The molecule has 7 heteroatoms. The third-order valence-electron chi connectivity index (χ3n) is 7.93. The van der Waals surface area contributed by atoms with Gasteiger partial charge in [0.1, 0.15) is 17.8 Å². The number of rotatable bonds is 7. The fourth-order valence-electron chi connectivity index (χ4n) is 5.61. The molecule has 2 N–H and O–H groups in total. The smallest absolute Gasteiger partial charge is 0.250 e. The summed E-state index contributed by atoms with van der Waals surface area (Å²) in [4.78, 5) is 17.6. The molecule has 206 valence electrons. The number of hydrogen-bond acceptors (Lipinski definition) is 5. The molecule has 3 unspecified atom stereocenters. The standard InChI is InChI=1S/C32H40N4O3/c1-19(2)24-12-10-20(3)14-28(24)38-18-29(37)34-23-9-7-8-21(15-23)30-25(17-33-36-30)31-35-26-16-22(32(4,5)6)11-13-27(26)39-31/h7-9,11,13,15-17,19-20,24,28H,10,12,14,18H2,1-6H3,(H,33,36)(H,34,37). The third-order valence-corrected chi connectivity index (χ3v) is 7.93. The Labute approximate surface area is 230 Å². The van der Waals surface area contributed by atoms with Gasteiger partial charge >= 0.3 is 0 Å². The lowest BCUT2D eigenvalue weighted by Gasteiger charge is -2.37. The summed E-state index contributed by atoms with van der Waals surface area (Å²) in [7, 11) is 0. The Hall–Kier alpha value is -3.45. The monoisotopic (exact) mass is 528 g/mol. The first-order chi connectivity index (χ1) is 18.6. The van der Waals surface area contributed by atoms with E-state index in [1.165, 1.54) is 12.0 Å². The van der Waals surface area contributed by atoms with Crippen LogP contribution in [0.1, 0.15) is 66.4 Å². The van der Waals surface area contributed by atoms with Crippen LogP contribution in [0.3, 0.4) is 0 Å². The Morgan fingerprint density at radius 2 is 2.00 bits per heavy atom. The largest absolute Gasteiger partial charge is 0.436 e. The molecule has 2 aromatic carbocycles. The average molecular weight is 529 g/mol. The highest BCUT2D eigenvalue weighted by atomic mass is 16.5. The maximum absolute atomic E-state index is 12.8. The number of carbonyl (C=O) groups is 1. The second-order valence-corrected chi connectivity index (χ2v) is 12.4. The van der Waals surface area contributed by atoms with E-state index in [1.807, 2.05) is 30.3 Å². The quantitative estimate of drug-likeness (QED) is 0.258. The minimum absolute atomic E-state index is 0.0228. The Balaban J connectivity index is 1.30. The molecular weight excluding hydrogens is 488 g/mol. The van der Waals surface area contributed by atoms with Gasteiger partial charge in [0.2, 0.25) is 11.8 Å². The number of hydrogen-bond donors (Lipinski definition) is 2. The molecule has 0 radical (unpaired) electrons. The predicted molar refractivity (Wildman–Crippen MR) is 155 cm³/mol. The Bertz CT molecular complexity index is 1450. The average Bonchev–Trinajstić information content (AvgIpc) is 3.53. The van der Waals surface area contributed by atoms with Gasteiger partial charge in [-0.25, -0.2) is 4.98 Å². The number of oxazole rings is 1. The molecule has 39 heavy (non-hydrogen) atoms. The van der Waals surface area contributed by atoms with Gasteiger partial charge in [0, 0.05) is 17.4 Å². The number of ether oxygens (including phenoxy) is 1. The number of amides is 1. The third kappa shape index (κ3) is 6.09. The van der Waals surface area contributed by atoms with Crippen LogP contribution >= 0.6 is 0 Å². The molecule has 1 amide bonds. The van der Waals surface area contributed by atoms with E-state index in [4.69, 9.17) is 14.1 Å². The highest BCUT2D eigenvalue weighted by Gasteiger charge is 2.31. The number of anilines is 1. The van der Waals surface area contributed by atoms with E-state index < -0.39 is 0 Å². The highest BCUT2D eigenvalue weighted by molar-refractivity contribution is 5.93. The van der Waals surface area contributed by atoms with Crippen LogP contribution in [0.2, 0.25) is 0 Å². The van der Waals surface area contributed by atoms with Gasteiger partial charge in [-0.2, -0.15) is 5.10 Å². The Morgan fingerprint density at radius 1 is 1.18 bits per heavy atom. The van der Waals surface area contributed by atoms with Crippen LogP contribution in [-0.4, -0.2) is 33.8 Å². The van der Waals surface area contributed by atoms with Crippen molar-refractivity contribution in [2.45, 2.75) is 72.3 Å². The highest BCUT2D eigenvalue weighted by Crippen LogP contribution is 2.36. The van der Waals surface area contributed by atoms with Crippen LogP contribution in [0.4, 0.5) is 5.69 Å². The van der Waals surface area contributed by atoms with Gasteiger partial charge in [-0.15, -0.1) is 0 Å². The van der Waals surface area contributed by atoms with Crippen molar-refractivity contribution in [2.75, 3.05) is 11.9 Å². The number of aromatic amines is 1. The molecule has 0 aliphatic heterocycles. The van der Waals surface area contributed by atoms with Crippen LogP contribution in [0.25, 0.3) is 33.8 Å². The summed E-state index contributed by atoms with van der Waals surface area (Å²) in [6.45, 7) is 13.4. The van der Waals surface area contributed by atoms with E-state index in [9.17, 15) is 4.79 Å². The molecule has 3 atom stereocenters. The molecule has 1 saturated carbocycles. The van der Waals surface area contributed by atoms with Crippen molar-refractivity contribution in [3.05, 3.63) is 54.2 Å². The number of benzene rings is 2. The summed E-state index contributed by atoms with van der Waals surface area (Å²) in [5.74, 6) is 2.04. The first kappa shape index (κ1) is 27.1. The zero-order valence-electron chi connectivity index (χ0n) is 23.9. The van der Waals surface area contributed by atoms with Gasteiger partial charge in [0.15, 0.2) is 5.58 Å².